The Morgan fingerprint density at radius 3 is 2.41 bits per heavy atom. The van der Waals surface area contributed by atoms with Crippen molar-refractivity contribution in [2.75, 3.05) is 11.4 Å². The molecule has 0 radical (unpaired) electrons. The van der Waals surface area contributed by atoms with E-state index in [-0.39, 0.29) is 5.91 Å². The molecule has 2 N–H and O–H groups in total. The molecule has 0 aromatic heterocycles. The smallest absolute Gasteiger partial charge is 0.248 e. The molecule has 0 saturated heterocycles. The number of hydrogen-bond donors (Lipinski definition) is 1. The number of anilines is 1. The van der Waals surface area contributed by atoms with Crippen LogP contribution >= 0.6 is 11.6 Å². The highest BCUT2D eigenvalue weighted by Gasteiger charge is 2.24. The first-order chi connectivity index (χ1) is 13.8. The first-order valence-electron chi connectivity index (χ1n) is 9.49. The van der Waals surface area contributed by atoms with Crippen molar-refractivity contribution in [3.63, 3.8) is 0 Å². The van der Waals surface area contributed by atoms with E-state index in [1.807, 2.05) is 62.4 Å². The molecule has 0 heterocycles. The third-order valence-corrected chi connectivity index (χ3v) is 5.26. The molecule has 29 heavy (non-hydrogen) atoms. The van der Waals surface area contributed by atoms with Crippen LogP contribution in [0, 0.1) is 19.7 Å². The van der Waals surface area contributed by atoms with Gasteiger partial charge < -0.3 is 10.6 Å². The zero-order valence-electron chi connectivity index (χ0n) is 16.5. The molecule has 0 aliphatic carbocycles. The van der Waals surface area contributed by atoms with Crippen molar-refractivity contribution in [3.8, 4) is 0 Å². The largest absolute Gasteiger partial charge is 0.316 e. The number of nitrogens with zero attached hydrogens (tertiary/aromatic N) is 1. The number of carbonyl (C=O) groups is 1. The van der Waals surface area contributed by atoms with Crippen LogP contribution in [-0.4, -0.2) is 12.5 Å². The Bertz CT molecular complexity index is 987. The molecular formula is C24H24ClFN2O. The summed E-state index contributed by atoms with van der Waals surface area (Å²) in [4.78, 5) is 15.0. The summed E-state index contributed by atoms with van der Waals surface area (Å²) >= 11 is 5.97. The van der Waals surface area contributed by atoms with Gasteiger partial charge in [0.25, 0.3) is 0 Å². The van der Waals surface area contributed by atoms with Crippen LogP contribution in [0.1, 0.15) is 28.3 Å². The van der Waals surface area contributed by atoms with E-state index in [0.29, 0.717) is 18.0 Å². The van der Waals surface area contributed by atoms with Gasteiger partial charge in [-0.05, 0) is 72.9 Å². The number of carbonyl (C=O) groups excluding carboxylic acids is 1. The number of aryl methyl sites for hydroxylation is 2. The summed E-state index contributed by atoms with van der Waals surface area (Å²) in [6, 6.07) is 18.8. The van der Waals surface area contributed by atoms with E-state index in [2.05, 4.69) is 0 Å². The molecule has 3 rings (SSSR count). The molecular weight excluding hydrogens is 387 g/mol. The number of halogens is 2. The monoisotopic (exact) mass is 410 g/mol. The molecule has 3 nitrogen and oxygen atoms in total. The fraction of sp³-hybridized carbons (Fsp3) is 0.208. The predicted molar refractivity (Wildman–Crippen MR) is 117 cm³/mol. The van der Waals surface area contributed by atoms with Gasteiger partial charge >= 0.3 is 0 Å². The fourth-order valence-electron chi connectivity index (χ4n) is 3.23. The average molecular weight is 411 g/mol. The summed E-state index contributed by atoms with van der Waals surface area (Å²) < 4.78 is 13.7. The van der Waals surface area contributed by atoms with Crippen molar-refractivity contribution in [1.82, 2.24) is 0 Å². The Morgan fingerprint density at radius 1 is 1.03 bits per heavy atom. The number of rotatable bonds is 6. The van der Waals surface area contributed by atoms with Crippen molar-refractivity contribution in [3.05, 3.63) is 99.8 Å². The van der Waals surface area contributed by atoms with Gasteiger partial charge in [-0.1, -0.05) is 48.0 Å². The third kappa shape index (κ3) is 5.22. The zero-order valence-corrected chi connectivity index (χ0v) is 17.3. The molecule has 3 aromatic carbocycles. The molecule has 0 bridgehead atoms. The van der Waals surface area contributed by atoms with Gasteiger partial charge in [-0.15, -0.1) is 0 Å². The third-order valence-electron chi connectivity index (χ3n) is 5.04. The Kier molecular flexibility index (Phi) is 6.68. The van der Waals surface area contributed by atoms with Crippen LogP contribution in [0.4, 0.5) is 10.1 Å². The van der Waals surface area contributed by atoms with Crippen molar-refractivity contribution < 1.29 is 9.18 Å². The van der Waals surface area contributed by atoms with Gasteiger partial charge in [0.2, 0.25) is 5.91 Å². The Morgan fingerprint density at radius 2 is 1.76 bits per heavy atom. The molecule has 150 valence electrons. The summed E-state index contributed by atoms with van der Waals surface area (Å²) in [5.41, 5.74) is 10.8. The second-order valence-electron chi connectivity index (χ2n) is 7.17. The van der Waals surface area contributed by atoms with Crippen LogP contribution in [0.5, 0.6) is 0 Å². The summed E-state index contributed by atoms with van der Waals surface area (Å²) in [7, 11) is 0. The van der Waals surface area contributed by atoms with Gasteiger partial charge in [0.15, 0.2) is 0 Å². The summed E-state index contributed by atoms with van der Waals surface area (Å²) in [6.45, 7) is 4.39. The van der Waals surface area contributed by atoms with Crippen LogP contribution in [-0.2, 0) is 11.2 Å². The second kappa shape index (κ2) is 9.21. The van der Waals surface area contributed by atoms with Crippen LogP contribution in [0.15, 0.2) is 66.7 Å². The van der Waals surface area contributed by atoms with Crippen molar-refractivity contribution in [2.24, 2.45) is 5.73 Å². The quantitative estimate of drug-likeness (QED) is 0.593. The molecule has 0 unspecified atom stereocenters. The van der Waals surface area contributed by atoms with E-state index < -0.39 is 11.9 Å². The lowest BCUT2D eigenvalue weighted by atomic mass is 10.0. The standard InChI is InChI=1S/C24H24ClFN2O/c1-16-8-9-22(12-17(16)2)28(11-10-18-13-20(25)15-21(26)14-18)24(29)23(27)19-6-4-3-5-7-19/h3-9,12-15,23H,10-11,27H2,1-2H3/t23-/m0/s1. The average Bonchev–Trinajstić information content (AvgIpc) is 2.70. The highest BCUT2D eigenvalue weighted by Crippen LogP contribution is 2.24. The number of hydrogen-bond acceptors (Lipinski definition) is 2. The number of benzene rings is 3. The van der Waals surface area contributed by atoms with E-state index >= 15 is 0 Å². The normalized spacial score (nSPS) is 11.9. The summed E-state index contributed by atoms with van der Waals surface area (Å²) in [5.74, 6) is -0.598. The molecule has 0 aliphatic rings. The molecule has 5 heteroatoms. The van der Waals surface area contributed by atoms with Gasteiger partial charge in [0.05, 0.1) is 0 Å². The Balaban J connectivity index is 1.90. The van der Waals surface area contributed by atoms with Gasteiger partial charge in [0, 0.05) is 17.3 Å². The van der Waals surface area contributed by atoms with E-state index in [9.17, 15) is 9.18 Å². The molecule has 1 amide bonds. The SMILES string of the molecule is Cc1ccc(N(CCc2cc(F)cc(Cl)c2)C(=O)[C@@H](N)c2ccccc2)cc1C. The highest BCUT2D eigenvalue weighted by atomic mass is 35.5. The van der Waals surface area contributed by atoms with Crippen LogP contribution in [0.25, 0.3) is 0 Å². The minimum Gasteiger partial charge on any atom is -0.316 e. The maximum Gasteiger partial charge on any atom is 0.248 e. The molecule has 3 aromatic rings. The van der Waals surface area contributed by atoms with E-state index in [1.54, 1.807) is 11.0 Å². The second-order valence-corrected chi connectivity index (χ2v) is 7.61. The fourth-order valence-corrected chi connectivity index (χ4v) is 3.47. The Labute approximate surface area is 175 Å². The summed E-state index contributed by atoms with van der Waals surface area (Å²) in [6.07, 6.45) is 0.456. The summed E-state index contributed by atoms with van der Waals surface area (Å²) in [5, 5.41) is 0.338. The Hall–Kier alpha value is -2.69. The first-order valence-corrected chi connectivity index (χ1v) is 9.87. The zero-order chi connectivity index (χ0) is 21.0. The van der Waals surface area contributed by atoms with Crippen LogP contribution < -0.4 is 10.6 Å². The van der Waals surface area contributed by atoms with Crippen LogP contribution in [0.2, 0.25) is 5.02 Å². The first kappa shape index (κ1) is 21.0. The van der Waals surface area contributed by atoms with Gasteiger partial charge in [0.1, 0.15) is 11.9 Å². The van der Waals surface area contributed by atoms with E-state index in [1.165, 1.54) is 12.1 Å². The van der Waals surface area contributed by atoms with E-state index in [0.717, 1.165) is 27.9 Å². The van der Waals surface area contributed by atoms with Gasteiger partial charge in [-0.25, -0.2) is 4.39 Å². The molecule has 0 aliphatic heterocycles. The minimum atomic E-state index is -0.783. The number of nitrogens with two attached hydrogens (primary N) is 1. The maximum absolute atomic E-state index is 13.7. The van der Waals surface area contributed by atoms with Crippen molar-refractivity contribution in [2.45, 2.75) is 26.3 Å². The van der Waals surface area contributed by atoms with Crippen LogP contribution in [0.3, 0.4) is 0 Å². The van der Waals surface area contributed by atoms with E-state index in [4.69, 9.17) is 17.3 Å². The number of amides is 1. The van der Waals surface area contributed by atoms with Gasteiger partial charge in [-0.2, -0.15) is 0 Å². The predicted octanol–water partition coefficient (Wildman–Crippen LogP) is 5.37. The minimum absolute atomic E-state index is 0.207. The lowest BCUT2D eigenvalue weighted by Gasteiger charge is -2.27. The van der Waals surface area contributed by atoms with Crippen molar-refractivity contribution in [1.29, 1.82) is 0 Å². The lowest BCUT2D eigenvalue weighted by Crippen LogP contribution is -2.40. The molecule has 1 atom stereocenters. The lowest BCUT2D eigenvalue weighted by molar-refractivity contribution is -0.120. The van der Waals surface area contributed by atoms with Gasteiger partial charge in [-0.3, -0.25) is 4.79 Å². The topological polar surface area (TPSA) is 46.3 Å². The molecule has 0 saturated carbocycles. The maximum atomic E-state index is 13.7. The molecule has 0 fully saturated rings. The highest BCUT2D eigenvalue weighted by molar-refractivity contribution is 6.30. The molecule has 0 spiro atoms. The van der Waals surface area contributed by atoms with Crippen molar-refractivity contribution >= 4 is 23.2 Å².